The summed E-state index contributed by atoms with van der Waals surface area (Å²) in [5, 5.41) is 11.1. The Morgan fingerprint density at radius 3 is 2.06 bits per heavy atom. The topological polar surface area (TPSA) is 133 Å². The SMILES string of the molecule is C=C1C(=O)[C@]23CC1CC(OC(C)=O)[C@H]2[C@]1(C)C(OC(C)=O)CC(O)C(C)(C)[C@H]1C(=O)C3OC(C)=O. The highest BCUT2D eigenvalue weighted by Gasteiger charge is 2.79. The number of aliphatic hydroxyl groups is 1. The van der Waals surface area contributed by atoms with Crippen LogP contribution in [0.25, 0.3) is 0 Å². The summed E-state index contributed by atoms with van der Waals surface area (Å²) in [5.74, 6) is -4.86. The zero-order valence-electron chi connectivity index (χ0n) is 21.1. The number of hydrogen-bond acceptors (Lipinski definition) is 9. The molecule has 0 amide bonds. The lowest BCUT2D eigenvalue weighted by atomic mass is 9.38. The molecule has 0 radical (unpaired) electrons. The molecule has 0 aromatic heterocycles. The maximum atomic E-state index is 14.3. The number of fused-ring (bicyclic) bond motifs is 3. The molecule has 4 fully saturated rings. The predicted molar refractivity (Wildman–Crippen MR) is 120 cm³/mol. The van der Waals surface area contributed by atoms with Gasteiger partial charge in [-0.3, -0.25) is 24.0 Å². The van der Waals surface area contributed by atoms with Gasteiger partial charge >= 0.3 is 17.9 Å². The van der Waals surface area contributed by atoms with Gasteiger partial charge in [0.15, 0.2) is 17.7 Å². The molecule has 1 N–H and O–H groups in total. The highest BCUT2D eigenvalue weighted by molar-refractivity contribution is 6.08. The molecule has 35 heavy (non-hydrogen) atoms. The molecule has 4 rings (SSSR count). The van der Waals surface area contributed by atoms with Crippen LogP contribution in [0.3, 0.4) is 0 Å². The second kappa shape index (κ2) is 7.98. The molecule has 4 aliphatic carbocycles. The highest BCUT2D eigenvalue weighted by atomic mass is 16.6. The Bertz CT molecular complexity index is 1030. The summed E-state index contributed by atoms with van der Waals surface area (Å²) in [5.41, 5.74) is -3.41. The summed E-state index contributed by atoms with van der Waals surface area (Å²) < 4.78 is 17.1. The fraction of sp³-hybridized carbons (Fsp3) is 0.731. The van der Waals surface area contributed by atoms with Crippen LogP contribution < -0.4 is 0 Å². The molecule has 1 spiro atoms. The van der Waals surface area contributed by atoms with Crippen LogP contribution in [0, 0.1) is 34.0 Å². The lowest BCUT2D eigenvalue weighted by Gasteiger charge is -2.66. The monoisotopic (exact) mass is 490 g/mol. The Morgan fingerprint density at radius 2 is 1.51 bits per heavy atom. The third kappa shape index (κ3) is 3.33. The molecular weight excluding hydrogens is 456 g/mol. The molecule has 0 aromatic carbocycles. The van der Waals surface area contributed by atoms with Crippen molar-refractivity contribution in [2.45, 2.75) is 85.2 Å². The van der Waals surface area contributed by atoms with E-state index in [-0.39, 0.29) is 24.5 Å². The van der Waals surface area contributed by atoms with E-state index in [0.717, 1.165) is 0 Å². The largest absolute Gasteiger partial charge is 0.462 e. The molecule has 0 heterocycles. The van der Waals surface area contributed by atoms with E-state index in [1.807, 2.05) is 0 Å². The molecular formula is C26H34O9. The summed E-state index contributed by atoms with van der Waals surface area (Å²) in [6.45, 7) is 12.9. The minimum absolute atomic E-state index is 0.0447. The smallest absolute Gasteiger partial charge is 0.303 e. The summed E-state index contributed by atoms with van der Waals surface area (Å²) >= 11 is 0. The van der Waals surface area contributed by atoms with Gasteiger partial charge in [-0.1, -0.05) is 27.4 Å². The van der Waals surface area contributed by atoms with E-state index < -0.39 is 76.2 Å². The summed E-state index contributed by atoms with van der Waals surface area (Å²) in [6.07, 6.45) is -3.62. The lowest BCUT2D eigenvalue weighted by Crippen LogP contribution is -2.75. The Morgan fingerprint density at radius 1 is 0.943 bits per heavy atom. The molecule has 9 nitrogen and oxygen atoms in total. The fourth-order valence-electron chi connectivity index (χ4n) is 8.13. The van der Waals surface area contributed by atoms with Crippen LogP contribution in [0.4, 0.5) is 0 Å². The number of ketones is 2. The average Bonchev–Trinajstić information content (AvgIpc) is 2.90. The Hall–Kier alpha value is -2.55. The van der Waals surface area contributed by atoms with Crippen molar-refractivity contribution in [1.29, 1.82) is 0 Å². The predicted octanol–water partition coefficient (Wildman–Crippen LogP) is 1.93. The molecule has 0 aliphatic heterocycles. The zero-order valence-corrected chi connectivity index (χ0v) is 21.1. The van der Waals surface area contributed by atoms with Crippen molar-refractivity contribution < 1.29 is 43.3 Å². The maximum absolute atomic E-state index is 14.3. The molecule has 9 atom stereocenters. The van der Waals surface area contributed by atoms with Crippen LogP contribution in [-0.2, 0) is 38.2 Å². The molecule has 4 aliphatic rings. The number of rotatable bonds is 3. The van der Waals surface area contributed by atoms with Crippen LogP contribution in [0.2, 0.25) is 0 Å². The van der Waals surface area contributed by atoms with Crippen molar-refractivity contribution in [1.82, 2.24) is 0 Å². The number of carbonyl (C=O) groups excluding carboxylic acids is 5. The first kappa shape index (κ1) is 25.5. The number of carbonyl (C=O) groups is 5. The second-order valence-electron chi connectivity index (χ2n) is 11.5. The normalized spacial score (nSPS) is 43.6. The maximum Gasteiger partial charge on any atom is 0.303 e. The van der Waals surface area contributed by atoms with Gasteiger partial charge in [0.2, 0.25) is 0 Å². The number of aliphatic hydroxyl groups excluding tert-OH is 1. The summed E-state index contributed by atoms with van der Waals surface area (Å²) in [4.78, 5) is 64.8. The third-order valence-electron chi connectivity index (χ3n) is 9.18. The number of esters is 3. The Kier molecular flexibility index (Phi) is 5.82. The van der Waals surface area contributed by atoms with Crippen molar-refractivity contribution in [3.8, 4) is 0 Å². The van der Waals surface area contributed by atoms with Gasteiger partial charge in [-0.15, -0.1) is 0 Å². The highest BCUT2D eigenvalue weighted by Crippen LogP contribution is 2.71. The average molecular weight is 491 g/mol. The Labute approximate surface area is 204 Å². The van der Waals surface area contributed by atoms with E-state index in [2.05, 4.69) is 6.58 Å². The first-order valence-corrected chi connectivity index (χ1v) is 12.1. The van der Waals surface area contributed by atoms with Gasteiger partial charge in [-0.25, -0.2) is 0 Å². The third-order valence-corrected chi connectivity index (χ3v) is 9.18. The zero-order chi connectivity index (χ0) is 26.2. The van der Waals surface area contributed by atoms with Crippen LogP contribution in [0.15, 0.2) is 12.2 Å². The first-order valence-electron chi connectivity index (χ1n) is 12.1. The van der Waals surface area contributed by atoms with Crippen molar-refractivity contribution in [2.75, 3.05) is 0 Å². The van der Waals surface area contributed by atoms with Crippen molar-refractivity contribution in [2.24, 2.45) is 34.0 Å². The molecule has 0 aromatic rings. The minimum atomic E-state index is -1.51. The summed E-state index contributed by atoms with van der Waals surface area (Å²) in [6, 6.07) is 0. The first-order chi connectivity index (χ1) is 16.1. The van der Waals surface area contributed by atoms with E-state index in [4.69, 9.17) is 14.2 Å². The molecule has 9 heteroatoms. The number of hydrogen-bond donors (Lipinski definition) is 1. The van der Waals surface area contributed by atoms with Gasteiger partial charge in [0.25, 0.3) is 0 Å². The lowest BCUT2D eigenvalue weighted by molar-refractivity contribution is -0.263. The van der Waals surface area contributed by atoms with Crippen LogP contribution >= 0.6 is 0 Å². The number of Topliss-reactive ketones (excluding diaryl/α,β-unsaturated/α-hetero) is 2. The van der Waals surface area contributed by atoms with Gasteiger partial charge in [-0.05, 0) is 24.3 Å². The quantitative estimate of drug-likeness (QED) is 0.358. The number of allylic oxidation sites excluding steroid dienone is 1. The van der Waals surface area contributed by atoms with Crippen molar-refractivity contribution in [3.63, 3.8) is 0 Å². The van der Waals surface area contributed by atoms with Gasteiger partial charge in [-0.2, -0.15) is 0 Å². The minimum Gasteiger partial charge on any atom is -0.462 e. The van der Waals surface area contributed by atoms with Crippen LogP contribution in [0.5, 0.6) is 0 Å². The van der Waals surface area contributed by atoms with E-state index in [1.54, 1.807) is 20.8 Å². The Balaban J connectivity index is 2.04. The van der Waals surface area contributed by atoms with Gasteiger partial charge in [0.1, 0.15) is 12.2 Å². The van der Waals surface area contributed by atoms with E-state index in [9.17, 15) is 29.1 Å². The molecule has 0 saturated heterocycles. The van der Waals surface area contributed by atoms with Gasteiger partial charge in [0, 0.05) is 49.9 Å². The van der Waals surface area contributed by atoms with Crippen LogP contribution in [0.1, 0.15) is 60.8 Å². The fourth-order valence-corrected chi connectivity index (χ4v) is 8.13. The van der Waals surface area contributed by atoms with E-state index in [1.165, 1.54) is 20.8 Å². The molecule has 2 bridgehead atoms. The van der Waals surface area contributed by atoms with Crippen molar-refractivity contribution in [3.05, 3.63) is 12.2 Å². The second-order valence-corrected chi connectivity index (χ2v) is 11.5. The van der Waals surface area contributed by atoms with Crippen LogP contribution in [-0.4, -0.2) is 59.0 Å². The molecule has 5 unspecified atom stereocenters. The standard InChI is InChI=1S/C26H34O9/c1-11-15-8-16(33-12(2)27)20-25(7)18(34-13(3)28)9-17(30)24(5,6)21(25)19(31)23(35-14(4)29)26(20,10-15)22(11)32/h15-18,20-21,23,30H,1,8-10H2,2-7H3/t15?,16?,17?,18?,20-,21+,23?,25-,26-/m0/s1. The van der Waals surface area contributed by atoms with E-state index in [0.29, 0.717) is 12.0 Å². The van der Waals surface area contributed by atoms with Gasteiger partial charge in [0.05, 0.1) is 11.5 Å². The van der Waals surface area contributed by atoms with E-state index >= 15 is 0 Å². The number of ether oxygens (including phenoxy) is 3. The molecule has 192 valence electrons. The van der Waals surface area contributed by atoms with Gasteiger partial charge < -0.3 is 19.3 Å². The van der Waals surface area contributed by atoms with Crippen molar-refractivity contribution >= 4 is 29.5 Å². The molecule has 4 saturated carbocycles. The summed E-state index contributed by atoms with van der Waals surface area (Å²) in [7, 11) is 0.